The molecule has 0 aliphatic heterocycles. The van der Waals surface area contributed by atoms with Crippen LogP contribution in [0.25, 0.3) is 0 Å². The van der Waals surface area contributed by atoms with Gasteiger partial charge >= 0.3 is 5.97 Å². The third kappa shape index (κ3) is 67.0. The lowest BCUT2D eigenvalue weighted by molar-refractivity contribution is -0.143. The zero-order valence-corrected chi connectivity index (χ0v) is 55.2. The molecule has 0 saturated carbocycles. The van der Waals surface area contributed by atoms with Crippen LogP contribution in [0, 0.1) is 0 Å². The van der Waals surface area contributed by atoms with Crippen molar-refractivity contribution in [2.45, 2.75) is 411 Å². The minimum absolute atomic E-state index is 0.00688. The quantitative estimate of drug-likeness (QED) is 0.0320. The molecule has 0 bridgehead atoms. The molecule has 2 atom stereocenters. The molecule has 0 fully saturated rings. The summed E-state index contributed by atoms with van der Waals surface area (Å²) in [5.41, 5.74) is 0. The maximum absolute atomic E-state index is 12.5. The fourth-order valence-corrected chi connectivity index (χ4v) is 11.4. The number of allylic oxidation sites excluding steroid dienone is 7. The van der Waals surface area contributed by atoms with Gasteiger partial charge in [-0.05, 0) is 83.5 Å². The van der Waals surface area contributed by atoms with E-state index in [1.54, 1.807) is 6.08 Å². The first kappa shape index (κ1) is 79.8. The van der Waals surface area contributed by atoms with Crippen molar-refractivity contribution in [3.63, 3.8) is 0 Å². The van der Waals surface area contributed by atoms with Crippen LogP contribution in [0.5, 0.6) is 0 Å². The number of hydrogen-bond acceptors (Lipinski definition) is 5. The lowest BCUT2D eigenvalue weighted by Gasteiger charge is -2.20. The Labute approximate surface area is 512 Å². The molecular weight excluding hydrogens is 1010 g/mol. The number of hydrogen-bond donors (Lipinski definition) is 3. The van der Waals surface area contributed by atoms with Gasteiger partial charge in [0, 0.05) is 12.8 Å². The maximum Gasteiger partial charge on any atom is 0.305 e. The standard InChI is InChI=1S/C76H143NO5/c1-3-5-7-9-11-13-15-44-48-52-56-60-64-68-74(79)73(72-78)77-75(80)69-65-61-57-53-49-46-42-40-38-36-34-32-30-28-26-24-22-20-18-17-19-21-23-25-27-29-31-33-35-37-39-41-43-47-51-55-59-63-67-71-82-76(81)70-66-62-58-54-50-45-16-14-12-10-8-6-4-2/h8,10,14,16-18,64,68,73-74,78-79H,3-7,9,11-13,15,19-63,65-67,69-72H2,1-2H3,(H,77,80)/b10-8-,16-14-,18-17-,68-64+. The Morgan fingerprint density at radius 2 is 0.634 bits per heavy atom. The van der Waals surface area contributed by atoms with E-state index in [-0.39, 0.29) is 18.5 Å². The molecule has 6 heteroatoms. The van der Waals surface area contributed by atoms with Crippen LogP contribution in [-0.4, -0.2) is 47.4 Å². The minimum Gasteiger partial charge on any atom is -0.466 e. The van der Waals surface area contributed by atoms with Crippen LogP contribution in [0.15, 0.2) is 48.6 Å². The molecule has 0 aromatic heterocycles. The molecule has 0 heterocycles. The van der Waals surface area contributed by atoms with Gasteiger partial charge in [0.2, 0.25) is 5.91 Å². The summed E-state index contributed by atoms with van der Waals surface area (Å²) in [6.07, 6.45) is 93.7. The molecule has 482 valence electrons. The van der Waals surface area contributed by atoms with Gasteiger partial charge in [-0.15, -0.1) is 0 Å². The molecule has 6 nitrogen and oxygen atoms in total. The Morgan fingerprint density at radius 3 is 0.988 bits per heavy atom. The van der Waals surface area contributed by atoms with Crippen LogP contribution in [0.1, 0.15) is 399 Å². The van der Waals surface area contributed by atoms with Crippen LogP contribution < -0.4 is 5.32 Å². The highest BCUT2D eigenvalue weighted by Crippen LogP contribution is 2.19. The number of carbonyl (C=O) groups excluding carboxylic acids is 2. The van der Waals surface area contributed by atoms with Crippen LogP contribution in [0.3, 0.4) is 0 Å². The number of unbranched alkanes of at least 4 members (excludes halogenated alkanes) is 52. The third-order valence-electron chi connectivity index (χ3n) is 17.0. The van der Waals surface area contributed by atoms with Crippen molar-refractivity contribution in [1.29, 1.82) is 0 Å². The lowest BCUT2D eigenvalue weighted by atomic mass is 10.0. The van der Waals surface area contributed by atoms with Crippen molar-refractivity contribution in [2.24, 2.45) is 0 Å². The second-order valence-electron chi connectivity index (χ2n) is 25.3. The second kappa shape index (κ2) is 71.3. The topological polar surface area (TPSA) is 95.9 Å². The SMILES string of the molecule is CCC/C=C\C/C=C\CCCCCCCC(=O)OCCCCCCCCCCCCCCCCCCCC/C=C\CCCCCCCCCCCCCCCCCCCC(=O)NC(CO)C(O)/C=C/CCCCCCCCCCCCC. The number of carbonyl (C=O) groups is 2. The van der Waals surface area contributed by atoms with E-state index < -0.39 is 12.1 Å². The monoisotopic (exact) mass is 1150 g/mol. The van der Waals surface area contributed by atoms with Gasteiger partial charge < -0.3 is 20.3 Å². The maximum atomic E-state index is 12.5. The number of ether oxygens (including phenoxy) is 1. The first-order valence-electron chi connectivity index (χ1n) is 36.9. The molecule has 1 amide bonds. The summed E-state index contributed by atoms with van der Waals surface area (Å²) in [5.74, 6) is -0.0555. The molecular formula is C76H143NO5. The molecule has 0 aromatic carbocycles. The van der Waals surface area contributed by atoms with E-state index in [9.17, 15) is 19.8 Å². The minimum atomic E-state index is -0.841. The molecule has 0 aromatic rings. The normalized spacial score (nSPS) is 12.8. The summed E-state index contributed by atoms with van der Waals surface area (Å²) in [5, 5.41) is 23.1. The highest BCUT2D eigenvalue weighted by atomic mass is 16.5. The molecule has 0 radical (unpaired) electrons. The molecule has 3 N–H and O–H groups in total. The summed E-state index contributed by atoms with van der Waals surface area (Å²) < 4.78 is 5.48. The fourth-order valence-electron chi connectivity index (χ4n) is 11.4. The highest BCUT2D eigenvalue weighted by Gasteiger charge is 2.18. The average Bonchev–Trinajstić information content (AvgIpc) is 3.48. The van der Waals surface area contributed by atoms with Crippen LogP contribution in [0.2, 0.25) is 0 Å². The third-order valence-corrected chi connectivity index (χ3v) is 17.0. The summed E-state index contributed by atoms with van der Waals surface area (Å²) in [4.78, 5) is 24.5. The van der Waals surface area contributed by atoms with E-state index in [2.05, 4.69) is 55.6 Å². The number of aliphatic hydroxyl groups excluding tert-OH is 2. The zero-order chi connectivity index (χ0) is 59.2. The largest absolute Gasteiger partial charge is 0.466 e. The first-order chi connectivity index (χ1) is 40.5. The molecule has 0 rings (SSSR count). The molecule has 2 unspecified atom stereocenters. The number of amides is 1. The van der Waals surface area contributed by atoms with Crippen LogP contribution in [-0.2, 0) is 14.3 Å². The van der Waals surface area contributed by atoms with E-state index in [1.807, 2.05) is 6.08 Å². The number of aliphatic hydroxyl groups is 2. The van der Waals surface area contributed by atoms with E-state index >= 15 is 0 Å². The van der Waals surface area contributed by atoms with Crippen molar-refractivity contribution in [3.8, 4) is 0 Å². The Morgan fingerprint density at radius 1 is 0.341 bits per heavy atom. The lowest BCUT2D eigenvalue weighted by Crippen LogP contribution is -2.45. The van der Waals surface area contributed by atoms with Crippen LogP contribution >= 0.6 is 0 Å². The van der Waals surface area contributed by atoms with Gasteiger partial charge in [-0.25, -0.2) is 0 Å². The Balaban J connectivity index is 3.33. The molecule has 82 heavy (non-hydrogen) atoms. The summed E-state index contributed by atoms with van der Waals surface area (Å²) in [7, 11) is 0. The summed E-state index contributed by atoms with van der Waals surface area (Å²) in [6.45, 7) is 4.85. The number of nitrogens with one attached hydrogen (secondary N) is 1. The zero-order valence-electron chi connectivity index (χ0n) is 55.2. The van der Waals surface area contributed by atoms with Gasteiger partial charge in [-0.2, -0.15) is 0 Å². The highest BCUT2D eigenvalue weighted by molar-refractivity contribution is 5.76. The second-order valence-corrected chi connectivity index (χ2v) is 25.3. The smallest absolute Gasteiger partial charge is 0.305 e. The molecule has 0 saturated heterocycles. The molecule has 0 spiro atoms. The van der Waals surface area contributed by atoms with Crippen molar-refractivity contribution < 1.29 is 24.5 Å². The van der Waals surface area contributed by atoms with Gasteiger partial charge in [0.25, 0.3) is 0 Å². The van der Waals surface area contributed by atoms with Gasteiger partial charge in [0.1, 0.15) is 0 Å². The fraction of sp³-hybridized carbons (Fsp3) is 0.868. The number of rotatable bonds is 69. The van der Waals surface area contributed by atoms with Crippen molar-refractivity contribution in [2.75, 3.05) is 13.2 Å². The van der Waals surface area contributed by atoms with E-state index in [0.29, 0.717) is 19.4 Å². The first-order valence-corrected chi connectivity index (χ1v) is 36.9. The Bertz CT molecular complexity index is 1370. The Kier molecular flexibility index (Phi) is 69.4. The Hall–Kier alpha value is -2.18. The average molecular weight is 1150 g/mol. The van der Waals surface area contributed by atoms with Crippen LogP contribution in [0.4, 0.5) is 0 Å². The predicted octanol–water partition coefficient (Wildman–Crippen LogP) is 24.0. The van der Waals surface area contributed by atoms with E-state index in [4.69, 9.17) is 4.74 Å². The van der Waals surface area contributed by atoms with E-state index in [1.165, 1.54) is 321 Å². The van der Waals surface area contributed by atoms with Crippen molar-refractivity contribution >= 4 is 11.9 Å². The van der Waals surface area contributed by atoms with E-state index in [0.717, 1.165) is 51.4 Å². The number of esters is 1. The van der Waals surface area contributed by atoms with Gasteiger partial charge in [0.05, 0.1) is 25.4 Å². The molecule has 0 aliphatic rings. The summed E-state index contributed by atoms with van der Waals surface area (Å²) >= 11 is 0. The van der Waals surface area contributed by atoms with Gasteiger partial charge in [-0.3, -0.25) is 9.59 Å². The summed E-state index contributed by atoms with van der Waals surface area (Å²) in [6, 6.07) is -0.624. The van der Waals surface area contributed by atoms with Crippen molar-refractivity contribution in [1.82, 2.24) is 5.32 Å². The predicted molar refractivity (Wildman–Crippen MR) is 361 cm³/mol. The van der Waals surface area contributed by atoms with Gasteiger partial charge in [-0.1, -0.05) is 351 Å². The van der Waals surface area contributed by atoms with Gasteiger partial charge in [0.15, 0.2) is 0 Å². The van der Waals surface area contributed by atoms with Crippen molar-refractivity contribution in [3.05, 3.63) is 48.6 Å². The molecule has 0 aliphatic carbocycles.